The Hall–Kier alpha value is -3.21. The number of methoxy groups -OCH3 is 1. The van der Waals surface area contributed by atoms with Gasteiger partial charge >= 0.3 is 0 Å². The topological polar surface area (TPSA) is 52.3 Å². The van der Waals surface area contributed by atoms with Crippen molar-refractivity contribution in [2.45, 2.75) is 19.8 Å². The van der Waals surface area contributed by atoms with E-state index >= 15 is 0 Å². The molecule has 0 radical (unpaired) electrons. The van der Waals surface area contributed by atoms with Crippen molar-refractivity contribution in [2.75, 3.05) is 7.11 Å². The minimum absolute atomic E-state index is 0.503. The van der Waals surface area contributed by atoms with Crippen LogP contribution in [0, 0.1) is 0 Å². The highest BCUT2D eigenvalue weighted by molar-refractivity contribution is 5.71. The number of fused-ring (bicyclic) bond motifs is 1. The standard InChI is InChI=1S/C21H20N4O/c1-14(2)15-4-6-17(7-5-15)20-12-19(24-21-22-13-23-25(20)21)16-8-10-18(26-3)11-9-16/h4-14H,1-3H3. The molecular weight excluding hydrogens is 324 g/mol. The summed E-state index contributed by atoms with van der Waals surface area (Å²) in [6, 6.07) is 18.5. The summed E-state index contributed by atoms with van der Waals surface area (Å²) in [6.45, 7) is 4.39. The molecule has 5 heteroatoms. The molecule has 0 fully saturated rings. The zero-order valence-corrected chi connectivity index (χ0v) is 15.0. The third-order valence-electron chi connectivity index (χ3n) is 4.51. The first-order valence-corrected chi connectivity index (χ1v) is 8.61. The summed E-state index contributed by atoms with van der Waals surface area (Å²) in [4.78, 5) is 8.93. The highest BCUT2D eigenvalue weighted by Crippen LogP contribution is 2.27. The molecule has 130 valence electrons. The van der Waals surface area contributed by atoms with E-state index < -0.39 is 0 Å². The molecule has 0 saturated carbocycles. The average Bonchev–Trinajstić information content (AvgIpc) is 3.16. The van der Waals surface area contributed by atoms with E-state index in [0.29, 0.717) is 11.7 Å². The summed E-state index contributed by atoms with van der Waals surface area (Å²) in [7, 11) is 1.66. The minimum Gasteiger partial charge on any atom is -0.497 e. The van der Waals surface area contributed by atoms with Crippen molar-refractivity contribution in [1.29, 1.82) is 0 Å². The molecule has 2 heterocycles. The predicted octanol–water partition coefficient (Wildman–Crippen LogP) is 4.59. The lowest BCUT2D eigenvalue weighted by Gasteiger charge is -2.10. The van der Waals surface area contributed by atoms with Crippen molar-refractivity contribution in [1.82, 2.24) is 19.6 Å². The molecule has 0 unspecified atom stereocenters. The molecule has 4 rings (SSSR count). The Labute approximate surface area is 152 Å². The molecule has 2 aromatic carbocycles. The van der Waals surface area contributed by atoms with E-state index in [-0.39, 0.29) is 0 Å². The number of benzene rings is 2. The Morgan fingerprint density at radius 1 is 0.923 bits per heavy atom. The Balaban J connectivity index is 1.84. The average molecular weight is 344 g/mol. The van der Waals surface area contributed by atoms with Crippen molar-refractivity contribution < 1.29 is 4.74 Å². The molecule has 0 aliphatic carbocycles. The molecule has 0 aliphatic rings. The van der Waals surface area contributed by atoms with Crippen LogP contribution < -0.4 is 4.74 Å². The van der Waals surface area contributed by atoms with E-state index in [9.17, 15) is 0 Å². The molecule has 2 aromatic heterocycles. The number of rotatable bonds is 4. The molecule has 0 aliphatic heterocycles. The number of nitrogens with zero attached hydrogens (tertiary/aromatic N) is 4. The second-order valence-corrected chi connectivity index (χ2v) is 6.50. The lowest BCUT2D eigenvalue weighted by atomic mass is 10.0. The van der Waals surface area contributed by atoms with Crippen LogP contribution in [0.5, 0.6) is 5.75 Å². The monoisotopic (exact) mass is 344 g/mol. The molecule has 0 amide bonds. The largest absolute Gasteiger partial charge is 0.497 e. The zero-order valence-electron chi connectivity index (χ0n) is 15.0. The third-order valence-corrected chi connectivity index (χ3v) is 4.51. The second kappa shape index (κ2) is 6.59. The fraction of sp³-hybridized carbons (Fsp3) is 0.190. The quantitative estimate of drug-likeness (QED) is 0.543. The second-order valence-electron chi connectivity index (χ2n) is 6.50. The molecule has 0 bridgehead atoms. The third kappa shape index (κ3) is 2.92. The SMILES string of the molecule is COc1ccc(-c2cc(-c3ccc(C(C)C)cc3)n3ncnc3n2)cc1. The van der Waals surface area contributed by atoms with Crippen LogP contribution in [0.25, 0.3) is 28.3 Å². The molecule has 0 saturated heterocycles. The van der Waals surface area contributed by atoms with Gasteiger partial charge in [-0.25, -0.2) is 4.98 Å². The minimum atomic E-state index is 0.503. The number of aromatic nitrogens is 4. The zero-order chi connectivity index (χ0) is 18.1. The highest BCUT2D eigenvalue weighted by atomic mass is 16.5. The van der Waals surface area contributed by atoms with E-state index in [0.717, 1.165) is 28.3 Å². The summed E-state index contributed by atoms with van der Waals surface area (Å²) in [5.74, 6) is 1.91. The molecule has 0 atom stereocenters. The first-order valence-electron chi connectivity index (χ1n) is 8.61. The Bertz CT molecular complexity index is 1030. The van der Waals surface area contributed by atoms with Crippen LogP contribution in [-0.2, 0) is 0 Å². The van der Waals surface area contributed by atoms with Crippen LogP contribution in [-0.4, -0.2) is 26.7 Å². The fourth-order valence-electron chi connectivity index (χ4n) is 2.97. The number of ether oxygens (including phenoxy) is 1. The fourth-order valence-corrected chi connectivity index (χ4v) is 2.97. The predicted molar refractivity (Wildman–Crippen MR) is 102 cm³/mol. The Morgan fingerprint density at radius 3 is 2.27 bits per heavy atom. The summed E-state index contributed by atoms with van der Waals surface area (Å²) in [6.07, 6.45) is 1.53. The van der Waals surface area contributed by atoms with Crippen molar-refractivity contribution in [3.8, 4) is 28.3 Å². The van der Waals surface area contributed by atoms with Gasteiger partial charge in [0.2, 0.25) is 0 Å². The Kier molecular flexibility index (Phi) is 4.13. The van der Waals surface area contributed by atoms with Gasteiger partial charge in [0.15, 0.2) is 0 Å². The highest BCUT2D eigenvalue weighted by Gasteiger charge is 2.11. The molecule has 26 heavy (non-hydrogen) atoms. The van der Waals surface area contributed by atoms with Gasteiger partial charge in [-0.15, -0.1) is 0 Å². The van der Waals surface area contributed by atoms with Gasteiger partial charge in [-0.2, -0.15) is 14.6 Å². The van der Waals surface area contributed by atoms with E-state index in [1.54, 1.807) is 11.6 Å². The van der Waals surface area contributed by atoms with E-state index in [2.05, 4.69) is 53.2 Å². The van der Waals surface area contributed by atoms with Crippen molar-refractivity contribution in [3.63, 3.8) is 0 Å². The van der Waals surface area contributed by atoms with Gasteiger partial charge in [0.1, 0.15) is 12.1 Å². The lowest BCUT2D eigenvalue weighted by molar-refractivity contribution is 0.415. The molecular formula is C21H20N4O. The van der Waals surface area contributed by atoms with E-state index in [1.807, 2.05) is 30.3 Å². The number of hydrogen-bond donors (Lipinski definition) is 0. The van der Waals surface area contributed by atoms with Crippen LogP contribution in [0.2, 0.25) is 0 Å². The van der Waals surface area contributed by atoms with Crippen LogP contribution in [0.1, 0.15) is 25.3 Å². The van der Waals surface area contributed by atoms with Crippen LogP contribution in [0.3, 0.4) is 0 Å². The van der Waals surface area contributed by atoms with Crippen LogP contribution in [0.4, 0.5) is 0 Å². The van der Waals surface area contributed by atoms with Crippen LogP contribution >= 0.6 is 0 Å². The lowest BCUT2D eigenvalue weighted by Crippen LogP contribution is -1.99. The maximum Gasteiger partial charge on any atom is 0.253 e. The first kappa shape index (κ1) is 16.3. The number of hydrogen-bond acceptors (Lipinski definition) is 4. The van der Waals surface area contributed by atoms with Gasteiger partial charge in [0.25, 0.3) is 5.78 Å². The van der Waals surface area contributed by atoms with E-state index in [1.165, 1.54) is 11.9 Å². The smallest absolute Gasteiger partial charge is 0.253 e. The van der Waals surface area contributed by atoms with Crippen molar-refractivity contribution >= 4 is 5.78 Å². The van der Waals surface area contributed by atoms with Gasteiger partial charge in [0.05, 0.1) is 18.5 Å². The molecule has 4 aromatic rings. The molecule has 0 N–H and O–H groups in total. The van der Waals surface area contributed by atoms with Gasteiger partial charge in [-0.05, 0) is 41.8 Å². The van der Waals surface area contributed by atoms with Crippen molar-refractivity contribution in [3.05, 3.63) is 66.5 Å². The summed E-state index contributed by atoms with van der Waals surface area (Å²) in [5, 5.41) is 4.34. The summed E-state index contributed by atoms with van der Waals surface area (Å²) in [5.41, 5.74) is 5.23. The summed E-state index contributed by atoms with van der Waals surface area (Å²) >= 11 is 0. The maximum absolute atomic E-state index is 5.24. The molecule has 5 nitrogen and oxygen atoms in total. The van der Waals surface area contributed by atoms with Gasteiger partial charge in [0, 0.05) is 11.1 Å². The summed E-state index contributed by atoms with van der Waals surface area (Å²) < 4.78 is 7.01. The van der Waals surface area contributed by atoms with Gasteiger partial charge in [-0.1, -0.05) is 38.1 Å². The van der Waals surface area contributed by atoms with Crippen LogP contribution in [0.15, 0.2) is 60.9 Å². The Morgan fingerprint density at radius 2 is 1.62 bits per heavy atom. The normalized spacial score (nSPS) is 11.2. The van der Waals surface area contributed by atoms with Crippen molar-refractivity contribution in [2.24, 2.45) is 0 Å². The maximum atomic E-state index is 5.24. The van der Waals surface area contributed by atoms with Gasteiger partial charge < -0.3 is 4.74 Å². The first-order chi connectivity index (χ1) is 12.7. The van der Waals surface area contributed by atoms with Gasteiger partial charge in [-0.3, -0.25) is 0 Å². The van der Waals surface area contributed by atoms with E-state index in [4.69, 9.17) is 4.74 Å². The molecule has 0 spiro atoms.